The van der Waals surface area contributed by atoms with E-state index in [2.05, 4.69) is 37.8 Å². The summed E-state index contributed by atoms with van der Waals surface area (Å²) in [5.74, 6) is 2.00. The Labute approximate surface area is 181 Å². The third-order valence-corrected chi connectivity index (χ3v) is 6.21. The van der Waals surface area contributed by atoms with E-state index in [-0.39, 0.29) is 12.3 Å². The summed E-state index contributed by atoms with van der Waals surface area (Å²) in [6.07, 6.45) is 4.15. The Kier molecular flexibility index (Phi) is 4.71. The van der Waals surface area contributed by atoms with Crippen LogP contribution in [0.25, 0.3) is 21.9 Å². The number of nitrogens with two attached hydrogens (primary N) is 2. The molecule has 30 heavy (non-hydrogen) atoms. The first kappa shape index (κ1) is 19.1. The van der Waals surface area contributed by atoms with Crippen molar-refractivity contribution in [3.8, 4) is 5.75 Å². The molecule has 3 unspecified atom stereocenters. The van der Waals surface area contributed by atoms with Crippen molar-refractivity contribution in [2.24, 2.45) is 5.92 Å². The molecule has 5 rings (SSSR count). The van der Waals surface area contributed by atoms with Crippen LogP contribution in [-0.2, 0) is 4.74 Å². The second kappa shape index (κ2) is 7.41. The Balaban J connectivity index is 1.31. The van der Waals surface area contributed by atoms with E-state index in [1.54, 1.807) is 0 Å². The number of anilines is 2. The van der Waals surface area contributed by atoms with E-state index in [4.69, 9.17) is 20.9 Å². The monoisotopic (exact) mass is 468 g/mol. The van der Waals surface area contributed by atoms with Gasteiger partial charge in [0.05, 0.1) is 21.5 Å². The number of nitrogen functional groups attached to an aromatic ring is 2. The highest BCUT2D eigenvalue weighted by Gasteiger charge is 2.34. The van der Waals surface area contributed by atoms with Crippen molar-refractivity contribution in [3.05, 3.63) is 47.3 Å². The number of ether oxygens (including phenoxy) is 2. The van der Waals surface area contributed by atoms with Gasteiger partial charge in [0.25, 0.3) is 0 Å². The number of fused-ring (bicyclic) bond motifs is 2. The maximum absolute atomic E-state index is 6.31. The third kappa shape index (κ3) is 3.33. The molecule has 1 saturated heterocycles. The zero-order valence-corrected chi connectivity index (χ0v) is 17.9. The van der Waals surface area contributed by atoms with Gasteiger partial charge in [-0.2, -0.15) is 0 Å². The Morgan fingerprint density at radius 1 is 1.20 bits per heavy atom. The van der Waals surface area contributed by atoms with Crippen LogP contribution < -0.4 is 16.2 Å². The highest BCUT2D eigenvalue weighted by atomic mass is 79.9. The molecule has 0 radical (unpaired) electrons. The molecule has 154 valence electrons. The second-order valence-electron chi connectivity index (χ2n) is 7.58. The molecule has 4 heterocycles. The second-order valence-corrected chi connectivity index (χ2v) is 8.44. The summed E-state index contributed by atoms with van der Waals surface area (Å²) in [5.41, 5.74) is 13.4. The van der Waals surface area contributed by atoms with Gasteiger partial charge in [-0.1, -0.05) is 6.92 Å². The van der Waals surface area contributed by atoms with E-state index >= 15 is 0 Å². The first-order valence-corrected chi connectivity index (χ1v) is 10.5. The van der Waals surface area contributed by atoms with Crippen molar-refractivity contribution >= 4 is 49.5 Å². The molecule has 1 aliphatic heterocycles. The van der Waals surface area contributed by atoms with E-state index in [1.807, 2.05) is 41.1 Å². The largest absolute Gasteiger partial charge is 0.491 e. The van der Waals surface area contributed by atoms with E-state index in [0.717, 1.165) is 38.6 Å². The topological polar surface area (TPSA) is 114 Å². The summed E-state index contributed by atoms with van der Waals surface area (Å²) in [6, 6.07) is 9.68. The summed E-state index contributed by atoms with van der Waals surface area (Å²) >= 11 is 3.41. The number of nitrogens with zero attached hydrogens (tertiary/aromatic N) is 4. The quantitative estimate of drug-likeness (QED) is 0.466. The van der Waals surface area contributed by atoms with Crippen LogP contribution in [0.4, 0.5) is 11.6 Å². The van der Waals surface area contributed by atoms with Gasteiger partial charge in [-0.05, 0) is 52.5 Å². The lowest BCUT2D eigenvalue weighted by Gasteiger charge is -2.17. The summed E-state index contributed by atoms with van der Waals surface area (Å²) < 4.78 is 15.1. The molecular weight excluding hydrogens is 448 g/mol. The number of benzene rings is 1. The Morgan fingerprint density at radius 2 is 2.07 bits per heavy atom. The molecule has 9 heteroatoms. The fraction of sp³-hybridized carbons (Fsp3) is 0.286. The Bertz CT molecular complexity index is 1240. The minimum atomic E-state index is -0.115. The molecule has 0 aliphatic carbocycles. The zero-order valence-electron chi connectivity index (χ0n) is 16.3. The van der Waals surface area contributed by atoms with Crippen molar-refractivity contribution in [2.45, 2.75) is 25.7 Å². The average molecular weight is 469 g/mol. The molecular formula is C21H21BrN6O2. The van der Waals surface area contributed by atoms with Gasteiger partial charge in [-0.3, -0.25) is 0 Å². The average Bonchev–Trinajstić information content (AvgIpc) is 3.31. The van der Waals surface area contributed by atoms with Gasteiger partial charge in [0.2, 0.25) is 0 Å². The van der Waals surface area contributed by atoms with Gasteiger partial charge in [0.15, 0.2) is 0 Å². The van der Waals surface area contributed by atoms with Gasteiger partial charge < -0.3 is 25.5 Å². The Morgan fingerprint density at radius 3 is 2.93 bits per heavy atom. The zero-order chi connectivity index (χ0) is 20.8. The Hall–Kier alpha value is -2.91. The van der Waals surface area contributed by atoms with Gasteiger partial charge in [0.1, 0.15) is 42.2 Å². The van der Waals surface area contributed by atoms with Crippen LogP contribution in [0.3, 0.4) is 0 Å². The lowest BCUT2D eigenvalue weighted by molar-refractivity contribution is -0.0224. The first-order valence-electron chi connectivity index (χ1n) is 9.70. The molecule has 4 N–H and O–H groups in total. The van der Waals surface area contributed by atoms with Gasteiger partial charge >= 0.3 is 0 Å². The van der Waals surface area contributed by atoms with Gasteiger partial charge in [-0.25, -0.2) is 15.0 Å². The highest BCUT2D eigenvalue weighted by molar-refractivity contribution is 9.10. The maximum Gasteiger partial charge on any atom is 0.147 e. The van der Waals surface area contributed by atoms with Crippen molar-refractivity contribution in [3.63, 3.8) is 0 Å². The van der Waals surface area contributed by atoms with Crippen LogP contribution in [0.5, 0.6) is 5.75 Å². The third-order valence-electron chi connectivity index (χ3n) is 5.57. The molecule has 3 aromatic heterocycles. The smallest absolute Gasteiger partial charge is 0.147 e. The number of halogens is 1. The van der Waals surface area contributed by atoms with Crippen molar-refractivity contribution in [1.29, 1.82) is 0 Å². The van der Waals surface area contributed by atoms with Crippen molar-refractivity contribution in [1.82, 2.24) is 19.5 Å². The summed E-state index contributed by atoms with van der Waals surface area (Å²) in [7, 11) is 0. The van der Waals surface area contributed by atoms with Crippen LogP contribution in [-0.4, -0.2) is 32.2 Å². The lowest BCUT2D eigenvalue weighted by atomic mass is 10.0. The molecule has 0 bridgehead atoms. The van der Waals surface area contributed by atoms with Crippen LogP contribution in [0.1, 0.15) is 19.6 Å². The normalized spacial score (nSPS) is 21.5. The maximum atomic E-state index is 6.31. The number of rotatable bonds is 4. The molecule has 1 fully saturated rings. The van der Waals surface area contributed by atoms with Crippen molar-refractivity contribution in [2.75, 3.05) is 18.1 Å². The molecule has 3 atom stereocenters. The molecule has 0 saturated carbocycles. The summed E-state index contributed by atoms with van der Waals surface area (Å²) in [4.78, 5) is 12.8. The van der Waals surface area contributed by atoms with Crippen LogP contribution in [0, 0.1) is 5.92 Å². The molecule has 0 amide bonds. The van der Waals surface area contributed by atoms with E-state index in [0.29, 0.717) is 24.2 Å². The molecule has 0 spiro atoms. The van der Waals surface area contributed by atoms with Crippen LogP contribution in [0.2, 0.25) is 0 Å². The fourth-order valence-corrected chi connectivity index (χ4v) is 4.21. The molecule has 4 aromatic rings. The summed E-state index contributed by atoms with van der Waals surface area (Å²) in [6.45, 7) is 2.62. The minimum absolute atomic E-state index is 0.0368. The predicted octanol–water partition coefficient (Wildman–Crippen LogP) is 3.91. The molecule has 8 nitrogen and oxygen atoms in total. The molecule has 1 aliphatic rings. The molecule has 1 aromatic carbocycles. The van der Waals surface area contributed by atoms with E-state index in [1.165, 1.54) is 6.33 Å². The standard InChI is InChI=1S/C21H21BrN6O2/c1-11-6-18(28-5-4-14-19(23)25-10-26-21(14)28)30-17(11)9-29-13-3-2-12-7-15(22)20(24)27-16(12)8-13/h2-5,7-8,10-11,17-18H,6,9H2,1H3,(H2,24,27)(H2,23,25,26). The summed E-state index contributed by atoms with van der Waals surface area (Å²) in [5, 5.41) is 1.83. The van der Waals surface area contributed by atoms with Gasteiger partial charge in [0, 0.05) is 17.6 Å². The lowest BCUT2D eigenvalue weighted by Crippen LogP contribution is -2.23. The number of hydrogen-bond acceptors (Lipinski definition) is 7. The number of hydrogen-bond donors (Lipinski definition) is 2. The fourth-order valence-electron chi connectivity index (χ4n) is 3.87. The van der Waals surface area contributed by atoms with Crippen molar-refractivity contribution < 1.29 is 9.47 Å². The van der Waals surface area contributed by atoms with E-state index in [9.17, 15) is 0 Å². The highest BCUT2D eigenvalue weighted by Crippen LogP contribution is 2.36. The van der Waals surface area contributed by atoms with Crippen LogP contribution >= 0.6 is 15.9 Å². The van der Waals surface area contributed by atoms with Crippen LogP contribution in [0.15, 0.2) is 47.3 Å². The predicted molar refractivity (Wildman–Crippen MR) is 119 cm³/mol. The number of pyridine rings is 1. The van der Waals surface area contributed by atoms with E-state index < -0.39 is 0 Å². The SMILES string of the molecule is CC1CC(n2ccc3c(N)ncnc32)OC1COc1ccc2cc(Br)c(N)nc2c1. The number of aromatic nitrogens is 4. The van der Waals surface area contributed by atoms with Gasteiger partial charge in [-0.15, -0.1) is 0 Å². The first-order chi connectivity index (χ1) is 14.5. The minimum Gasteiger partial charge on any atom is -0.491 e.